The van der Waals surface area contributed by atoms with Crippen molar-refractivity contribution in [2.24, 2.45) is 11.8 Å². The molecule has 7 rings (SSSR count). The third-order valence-corrected chi connectivity index (χ3v) is 14.2. The van der Waals surface area contributed by atoms with E-state index in [1.165, 1.54) is 77.5 Å². The molecule has 26 nitrogen and oxygen atoms in total. The van der Waals surface area contributed by atoms with Crippen LogP contribution in [0.4, 0.5) is 11.6 Å². The summed E-state index contributed by atoms with van der Waals surface area (Å²) in [6.45, 7) is 2.02. The Labute approximate surface area is 439 Å². The first-order chi connectivity index (χ1) is 36.6. The minimum atomic E-state index is -1.49. The Morgan fingerprint density at radius 2 is 1.34 bits per heavy atom. The number of aliphatic carboxylic acids is 2. The normalized spacial score (nSPS) is 13.2. The molecule has 3 amide bonds. The minimum Gasteiger partial charge on any atom is -0.480 e. The Bertz CT molecular complexity index is 3190. The fraction of sp³-hybridized carbons (Fsp3) is 0.312. The van der Waals surface area contributed by atoms with Gasteiger partial charge in [-0.2, -0.15) is 4.98 Å². The Balaban J connectivity index is 0.976. The van der Waals surface area contributed by atoms with Gasteiger partial charge in [-0.05, 0) is 60.0 Å². The Kier molecular flexibility index (Phi) is 19.1. The van der Waals surface area contributed by atoms with Crippen molar-refractivity contribution in [1.82, 2.24) is 70.8 Å². The maximum Gasteiger partial charge on any atom is 0.327 e. The van der Waals surface area contributed by atoms with Gasteiger partial charge in [-0.15, -0.1) is 0 Å². The monoisotopic (exact) mass is 1080 g/mol. The quantitative estimate of drug-likeness (QED) is 0.0299. The number of rotatable bonds is 29. The van der Waals surface area contributed by atoms with Crippen LogP contribution in [0.1, 0.15) is 64.4 Å². The first-order valence-corrected chi connectivity index (χ1v) is 25.8. The number of carbonyl (C=O) groups excluding carboxylic acids is 5. The highest BCUT2D eigenvalue weighted by Crippen LogP contribution is 2.32. The average molecular weight is 1080 g/mol. The van der Waals surface area contributed by atoms with Crippen molar-refractivity contribution in [1.29, 1.82) is 0 Å². The first-order valence-electron chi connectivity index (χ1n) is 23.5. The second-order valence-electron chi connectivity index (χ2n) is 17.4. The molecule has 0 radical (unpaired) electrons. The first kappa shape index (κ1) is 55.0. The van der Waals surface area contributed by atoms with E-state index in [2.05, 4.69) is 76.1 Å². The number of aromatic nitrogens is 11. The van der Waals surface area contributed by atoms with Gasteiger partial charge >= 0.3 is 11.9 Å². The molecule has 7 aromatic rings. The molecule has 0 aliphatic carbocycles. The largest absolute Gasteiger partial charge is 0.480 e. The number of ketones is 2. The van der Waals surface area contributed by atoms with E-state index in [-0.39, 0.29) is 67.1 Å². The standard InChI is InChI=1S/C48H52N16O10S2/c1-25-3-2-10-53-45(25)76-75-21-37(47(73)74)62-43(69)28(12-31-17-51-23-57-31)14-38(66)36(15-32-18-52-24-58-32)61-42(68)27(11-30-16-50-22-56-30)13-34(65)8-9-35(46(71)72)60-41(67)26-4-6-29(7-5-26)54-19-33-20-55-40-39(59-33)44(70)64-48(49)63-40/h2-7,10,16-18,20,22-24,27-28,35-37,54H,8-9,11-15,19,21H2,1H3,(H,50,56)(H,51,57)(H,52,58)(H,60,67)(H,61,68)(H,62,69)(H,71,72)(H,73,74)(H3,49,55,63,64,70)/t27?,28?,35-,36?,37?/m0/s1. The summed E-state index contributed by atoms with van der Waals surface area (Å²) in [5, 5.41) is 31.8. The SMILES string of the molecule is Cc1cccnc1SSCC(NC(=O)C(CC(=O)C(Cc1cnc[nH]1)NC(=O)C(CC(=O)CC[C@H](NC(=O)c1ccc(NCc2cnc3nc(N)[nH]c(=O)c3n2)cc1)C(=O)O)Cc1cnc[nH]1)Cc1cnc[nH]1)C(=O)O. The second-order valence-corrected chi connectivity index (χ2v) is 19.8. The van der Waals surface area contributed by atoms with Gasteiger partial charge < -0.3 is 52.2 Å². The molecule has 6 heterocycles. The van der Waals surface area contributed by atoms with Crippen LogP contribution in [0.25, 0.3) is 11.2 Å². The number of hydrogen-bond donors (Lipinski definition) is 11. The fourth-order valence-electron chi connectivity index (χ4n) is 7.72. The molecule has 0 aliphatic rings. The number of aromatic amines is 4. The number of imidazole rings is 3. The van der Waals surface area contributed by atoms with Crippen molar-refractivity contribution in [3.8, 4) is 0 Å². The van der Waals surface area contributed by atoms with Gasteiger partial charge in [-0.1, -0.05) is 16.9 Å². The number of nitrogen functional groups attached to an aromatic ring is 1. The van der Waals surface area contributed by atoms with Gasteiger partial charge in [0.25, 0.3) is 11.5 Å². The Hall–Kier alpha value is -8.79. The van der Waals surface area contributed by atoms with Crippen LogP contribution in [0.5, 0.6) is 0 Å². The highest BCUT2D eigenvalue weighted by Gasteiger charge is 2.34. The lowest BCUT2D eigenvalue weighted by Gasteiger charge is -2.24. The van der Waals surface area contributed by atoms with Crippen LogP contribution in [0.2, 0.25) is 0 Å². The smallest absolute Gasteiger partial charge is 0.327 e. The number of nitrogens with two attached hydrogens (primary N) is 1. The molecule has 0 spiro atoms. The highest BCUT2D eigenvalue weighted by atomic mass is 33.1. The van der Waals surface area contributed by atoms with Crippen LogP contribution in [-0.2, 0) is 54.6 Å². The third-order valence-electron chi connectivity index (χ3n) is 11.8. The van der Waals surface area contributed by atoms with E-state index in [1.807, 2.05) is 13.0 Å². The summed E-state index contributed by atoms with van der Waals surface area (Å²) >= 11 is 0. The van der Waals surface area contributed by atoms with Gasteiger partial charge in [0.2, 0.25) is 17.8 Å². The van der Waals surface area contributed by atoms with Gasteiger partial charge in [-0.25, -0.2) is 39.5 Å². The Morgan fingerprint density at radius 1 is 0.724 bits per heavy atom. The van der Waals surface area contributed by atoms with Crippen LogP contribution in [-0.4, -0.2) is 130 Å². The molecule has 0 bridgehead atoms. The number of carboxylic acids is 2. The van der Waals surface area contributed by atoms with Crippen LogP contribution in [0.3, 0.4) is 0 Å². The molecule has 0 aliphatic heterocycles. The van der Waals surface area contributed by atoms with Gasteiger partial charge in [0.15, 0.2) is 16.9 Å². The molecule has 6 aromatic heterocycles. The number of carboxylic acid groups (broad SMARTS) is 2. The van der Waals surface area contributed by atoms with Crippen molar-refractivity contribution < 1.29 is 43.8 Å². The van der Waals surface area contributed by atoms with Crippen LogP contribution >= 0.6 is 21.6 Å². The summed E-state index contributed by atoms with van der Waals surface area (Å²) in [4.78, 5) is 146. The molecule has 0 saturated carbocycles. The van der Waals surface area contributed by atoms with Crippen molar-refractivity contribution in [3.63, 3.8) is 0 Å². The molecule has 28 heteroatoms. The number of hydrogen-bond acceptors (Lipinski definition) is 19. The number of amides is 3. The van der Waals surface area contributed by atoms with E-state index in [0.717, 1.165) is 5.56 Å². The molecule has 76 heavy (non-hydrogen) atoms. The summed E-state index contributed by atoms with van der Waals surface area (Å²) in [6.07, 6.45) is 9.95. The summed E-state index contributed by atoms with van der Waals surface area (Å²) in [7, 11) is 2.46. The number of anilines is 2. The number of aryl methyl sites for hydroxylation is 1. The predicted octanol–water partition coefficient (Wildman–Crippen LogP) is 2.12. The van der Waals surface area contributed by atoms with E-state index in [4.69, 9.17) is 5.73 Å². The van der Waals surface area contributed by atoms with Gasteiger partial charge in [0.1, 0.15) is 22.9 Å². The lowest BCUT2D eigenvalue weighted by molar-refractivity contribution is -0.142. The molecular formula is C48H52N16O10S2. The number of carbonyl (C=O) groups is 7. The maximum atomic E-state index is 14.4. The van der Waals surface area contributed by atoms with Crippen LogP contribution in [0.15, 0.2) is 96.2 Å². The fourth-order valence-corrected chi connectivity index (χ4v) is 10.0. The van der Waals surface area contributed by atoms with Gasteiger partial charge in [-0.3, -0.25) is 33.8 Å². The minimum absolute atomic E-state index is 0.0101. The van der Waals surface area contributed by atoms with E-state index in [9.17, 15) is 48.6 Å². The number of pyridine rings is 1. The van der Waals surface area contributed by atoms with Crippen molar-refractivity contribution in [2.75, 3.05) is 16.8 Å². The van der Waals surface area contributed by atoms with E-state index >= 15 is 0 Å². The molecule has 0 saturated heterocycles. The third kappa shape index (κ3) is 15.9. The van der Waals surface area contributed by atoms with Crippen molar-refractivity contribution in [3.05, 3.63) is 131 Å². The zero-order chi connectivity index (χ0) is 54.1. The zero-order valence-corrected chi connectivity index (χ0v) is 42.2. The molecule has 12 N–H and O–H groups in total. The molecule has 0 fully saturated rings. The molecular weight excluding hydrogens is 1020 g/mol. The average Bonchev–Trinajstić information content (AvgIpc) is 4.23. The number of fused-ring (bicyclic) bond motifs is 1. The molecule has 4 unspecified atom stereocenters. The number of Topliss-reactive ketones (excluding diaryl/α,β-unsaturated/α-hetero) is 2. The molecule has 5 atom stereocenters. The zero-order valence-electron chi connectivity index (χ0n) is 40.5. The summed E-state index contributed by atoms with van der Waals surface area (Å²) in [5.41, 5.74) is 8.57. The number of H-pyrrole nitrogens is 4. The summed E-state index contributed by atoms with van der Waals surface area (Å²) in [6, 6.07) is 5.64. The number of nitrogens with zero attached hydrogens (tertiary/aromatic N) is 7. The van der Waals surface area contributed by atoms with Crippen LogP contribution in [0, 0.1) is 18.8 Å². The summed E-state index contributed by atoms with van der Waals surface area (Å²) < 4.78 is 0. The lowest BCUT2D eigenvalue weighted by atomic mass is 9.90. The highest BCUT2D eigenvalue weighted by molar-refractivity contribution is 8.76. The molecule has 396 valence electrons. The van der Waals surface area contributed by atoms with Gasteiger partial charge in [0, 0.05) is 97.4 Å². The number of benzene rings is 1. The summed E-state index contributed by atoms with van der Waals surface area (Å²) in [5.74, 6) is -8.27. The van der Waals surface area contributed by atoms with E-state index in [1.54, 1.807) is 24.4 Å². The van der Waals surface area contributed by atoms with Crippen LogP contribution < -0.4 is 32.6 Å². The molecule has 1 aromatic carbocycles. The van der Waals surface area contributed by atoms with Crippen molar-refractivity contribution in [2.45, 2.75) is 81.6 Å². The topological polar surface area (TPSA) is 405 Å². The maximum absolute atomic E-state index is 14.4. The van der Waals surface area contributed by atoms with Crippen molar-refractivity contribution >= 4 is 85.6 Å². The van der Waals surface area contributed by atoms with E-state index < -0.39 is 89.6 Å². The Morgan fingerprint density at radius 3 is 1.95 bits per heavy atom. The predicted molar refractivity (Wildman–Crippen MR) is 276 cm³/mol. The number of nitrogens with one attached hydrogen (secondary N) is 8. The lowest BCUT2D eigenvalue weighted by Crippen LogP contribution is -2.49. The second kappa shape index (κ2) is 26.4. The van der Waals surface area contributed by atoms with E-state index in [0.29, 0.717) is 33.5 Å². The van der Waals surface area contributed by atoms with Gasteiger partial charge in [0.05, 0.1) is 55.3 Å².